The first-order valence-corrected chi connectivity index (χ1v) is 10.0. The summed E-state index contributed by atoms with van der Waals surface area (Å²) in [6, 6.07) is 11.4. The fraction of sp³-hybridized carbons (Fsp3) is 0.292. The van der Waals surface area contributed by atoms with E-state index in [9.17, 15) is 4.39 Å². The molecule has 2 aliphatic rings. The molecule has 1 saturated heterocycles. The highest BCUT2D eigenvalue weighted by Crippen LogP contribution is 2.41. The van der Waals surface area contributed by atoms with Gasteiger partial charge < -0.3 is 4.98 Å². The highest BCUT2D eigenvalue weighted by Gasteiger charge is 2.32. The number of nitrogens with one attached hydrogen (secondary N) is 1. The maximum absolute atomic E-state index is 13.9. The molecule has 2 aliphatic heterocycles. The second-order valence-electron chi connectivity index (χ2n) is 8.04. The summed E-state index contributed by atoms with van der Waals surface area (Å²) < 4.78 is 13.9. The third-order valence-corrected chi connectivity index (χ3v) is 6.03. The molecule has 0 saturated carbocycles. The molecule has 5 rings (SSSR count). The predicted octanol–water partition coefficient (Wildman–Crippen LogP) is 5.38. The SMILES string of the molecule is CC1CC2C=C(c3c[nH]c(-c4cccc(F)c4)c3-c3ccncc3)CCN2C1. The number of rotatable bonds is 3. The molecule has 2 atom stereocenters. The van der Waals surface area contributed by atoms with Crippen LogP contribution in [-0.2, 0) is 0 Å². The topological polar surface area (TPSA) is 31.9 Å². The van der Waals surface area contributed by atoms with Crippen LogP contribution in [0.5, 0.6) is 0 Å². The molecule has 0 radical (unpaired) electrons. The Balaban J connectivity index is 1.64. The molecule has 3 aromatic rings. The van der Waals surface area contributed by atoms with Gasteiger partial charge in [-0.25, -0.2) is 4.39 Å². The lowest BCUT2D eigenvalue weighted by Gasteiger charge is -2.28. The zero-order chi connectivity index (χ0) is 19.1. The van der Waals surface area contributed by atoms with Gasteiger partial charge in [0.15, 0.2) is 0 Å². The Morgan fingerprint density at radius 3 is 2.82 bits per heavy atom. The lowest BCUT2D eigenvalue weighted by molar-refractivity contribution is 0.283. The molecule has 28 heavy (non-hydrogen) atoms. The molecule has 1 aromatic carbocycles. The van der Waals surface area contributed by atoms with Crippen LogP contribution >= 0.6 is 0 Å². The molecular formula is C24H24FN3. The molecule has 2 unspecified atom stereocenters. The number of H-pyrrole nitrogens is 1. The van der Waals surface area contributed by atoms with Crippen LogP contribution in [0.4, 0.5) is 4.39 Å². The van der Waals surface area contributed by atoms with Crippen LogP contribution in [0.3, 0.4) is 0 Å². The Morgan fingerprint density at radius 2 is 2.00 bits per heavy atom. The van der Waals surface area contributed by atoms with Crippen LogP contribution < -0.4 is 0 Å². The molecule has 0 bridgehead atoms. The monoisotopic (exact) mass is 373 g/mol. The van der Waals surface area contributed by atoms with Crippen LogP contribution in [0.15, 0.2) is 61.1 Å². The van der Waals surface area contributed by atoms with E-state index in [-0.39, 0.29) is 5.82 Å². The van der Waals surface area contributed by atoms with E-state index in [4.69, 9.17) is 0 Å². The van der Waals surface area contributed by atoms with E-state index in [1.54, 1.807) is 12.1 Å². The van der Waals surface area contributed by atoms with Crippen molar-refractivity contribution in [1.82, 2.24) is 14.9 Å². The van der Waals surface area contributed by atoms with Gasteiger partial charge in [0.05, 0.1) is 5.69 Å². The standard InChI is InChI=1S/C24H24FN3/c1-16-11-21-13-18(7-10-28(21)15-16)22-14-27-24(19-3-2-4-20(25)12-19)23(22)17-5-8-26-9-6-17/h2-6,8-9,12-14,16,21,27H,7,10-11,15H2,1H3. The largest absolute Gasteiger partial charge is 0.360 e. The normalized spacial score (nSPS) is 22.1. The minimum Gasteiger partial charge on any atom is -0.360 e. The lowest BCUT2D eigenvalue weighted by atomic mass is 9.90. The van der Waals surface area contributed by atoms with Crippen molar-refractivity contribution < 1.29 is 4.39 Å². The molecule has 1 fully saturated rings. The first-order chi connectivity index (χ1) is 13.7. The lowest BCUT2D eigenvalue weighted by Crippen LogP contribution is -2.32. The van der Waals surface area contributed by atoms with Gasteiger partial charge in [0, 0.05) is 54.4 Å². The average molecular weight is 373 g/mol. The molecule has 1 N–H and O–H groups in total. The van der Waals surface area contributed by atoms with E-state index in [1.807, 2.05) is 30.6 Å². The maximum Gasteiger partial charge on any atom is 0.123 e. The van der Waals surface area contributed by atoms with Crippen molar-refractivity contribution in [2.45, 2.75) is 25.8 Å². The first-order valence-electron chi connectivity index (χ1n) is 10.0. The number of aromatic amines is 1. The van der Waals surface area contributed by atoms with Crippen LogP contribution in [-0.4, -0.2) is 34.0 Å². The number of hydrogen-bond donors (Lipinski definition) is 1. The van der Waals surface area contributed by atoms with Gasteiger partial charge in [-0.2, -0.15) is 0 Å². The molecule has 3 nitrogen and oxygen atoms in total. The number of halogens is 1. The molecule has 142 valence electrons. The second kappa shape index (κ2) is 7.02. The van der Waals surface area contributed by atoms with Crippen molar-refractivity contribution in [2.24, 2.45) is 5.92 Å². The number of hydrogen-bond acceptors (Lipinski definition) is 2. The molecule has 0 aliphatic carbocycles. The van der Waals surface area contributed by atoms with Crippen molar-refractivity contribution in [3.8, 4) is 22.4 Å². The minimum atomic E-state index is -0.221. The third-order valence-electron chi connectivity index (χ3n) is 6.03. The number of fused-ring (bicyclic) bond motifs is 1. The highest BCUT2D eigenvalue weighted by molar-refractivity contribution is 5.91. The summed E-state index contributed by atoms with van der Waals surface area (Å²) in [6.07, 6.45) is 10.5. The number of pyridine rings is 1. The maximum atomic E-state index is 13.9. The van der Waals surface area contributed by atoms with Gasteiger partial charge in [-0.3, -0.25) is 9.88 Å². The number of aromatic nitrogens is 2. The van der Waals surface area contributed by atoms with Gasteiger partial charge in [0.2, 0.25) is 0 Å². The second-order valence-corrected chi connectivity index (χ2v) is 8.04. The van der Waals surface area contributed by atoms with Gasteiger partial charge in [0.25, 0.3) is 0 Å². The van der Waals surface area contributed by atoms with Gasteiger partial charge in [-0.15, -0.1) is 0 Å². The summed E-state index contributed by atoms with van der Waals surface area (Å²) in [5, 5.41) is 0. The Bertz CT molecular complexity index is 1020. The molecule has 4 heterocycles. The summed E-state index contributed by atoms with van der Waals surface area (Å²) in [5.74, 6) is 0.538. The Labute approximate surface area is 164 Å². The smallest absolute Gasteiger partial charge is 0.123 e. The van der Waals surface area contributed by atoms with Crippen molar-refractivity contribution in [2.75, 3.05) is 13.1 Å². The van der Waals surface area contributed by atoms with E-state index in [1.165, 1.54) is 30.2 Å². The predicted molar refractivity (Wildman–Crippen MR) is 111 cm³/mol. The van der Waals surface area contributed by atoms with Crippen LogP contribution in [0.25, 0.3) is 28.0 Å². The summed E-state index contributed by atoms with van der Waals surface area (Å²) >= 11 is 0. The Hall–Kier alpha value is -2.72. The average Bonchev–Trinajstić information content (AvgIpc) is 3.30. The van der Waals surface area contributed by atoms with E-state index in [2.05, 4.69) is 34.1 Å². The summed E-state index contributed by atoms with van der Waals surface area (Å²) in [6.45, 7) is 4.65. The fourth-order valence-corrected chi connectivity index (χ4v) is 4.77. The Morgan fingerprint density at radius 1 is 1.14 bits per heavy atom. The van der Waals surface area contributed by atoms with Gasteiger partial charge in [-0.05, 0) is 54.2 Å². The third kappa shape index (κ3) is 3.08. The number of benzene rings is 1. The summed E-state index contributed by atoms with van der Waals surface area (Å²) in [5.41, 5.74) is 6.69. The molecule has 0 amide bonds. The van der Waals surface area contributed by atoms with E-state index < -0.39 is 0 Å². The highest BCUT2D eigenvalue weighted by atomic mass is 19.1. The minimum absolute atomic E-state index is 0.221. The fourth-order valence-electron chi connectivity index (χ4n) is 4.77. The van der Waals surface area contributed by atoms with Crippen molar-refractivity contribution in [3.05, 3.63) is 72.4 Å². The van der Waals surface area contributed by atoms with Crippen molar-refractivity contribution in [1.29, 1.82) is 0 Å². The van der Waals surface area contributed by atoms with E-state index >= 15 is 0 Å². The van der Waals surface area contributed by atoms with E-state index in [0.29, 0.717) is 6.04 Å². The van der Waals surface area contributed by atoms with E-state index in [0.717, 1.165) is 41.3 Å². The van der Waals surface area contributed by atoms with Gasteiger partial charge >= 0.3 is 0 Å². The first kappa shape index (κ1) is 17.4. The van der Waals surface area contributed by atoms with Gasteiger partial charge in [-0.1, -0.05) is 25.1 Å². The zero-order valence-corrected chi connectivity index (χ0v) is 16.0. The van der Waals surface area contributed by atoms with Gasteiger partial charge in [0.1, 0.15) is 5.82 Å². The van der Waals surface area contributed by atoms with Crippen molar-refractivity contribution in [3.63, 3.8) is 0 Å². The zero-order valence-electron chi connectivity index (χ0n) is 16.0. The molecule has 4 heteroatoms. The quantitative estimate of drug-likeness (QED) is 0.668. The summed E-state index contributed by atoms with van der Waals surface area (Å²) in [7, 11) is 0. The number of nitrogens with zero attached hydrogens (tertiary/aromatic N) is 2. The molecule has 2 aromatic heterocycles. The molecule has 0 spiro atoms. The Kier molecular flexibility index (Phi) is 4.36. The van der Waals surface area contributed by atoms with Crippen LogP contribution in [0, 0.1) is 11.7 Å². The van der Waals surface area contributed by atoms with Crippen LogP contribution in [0.1, 0.15) is 25.3 Å². The molecular weight excluding hydrogens is 349 g/mol. The summed E-state index contributed by atoms with van der Waals surface area (Å²) in [4.78, 5) is 10.2. The van der Waals surface area contributed by atoms with Crippen LogP contribution in [0.2, 0.25) is 0 Å². The van der Waals surface area contributed by atoms with Crippen molar-refractivity contribution >= 4 is 5.57 Å².